The number of benzene rings is 1. The number of hydrogen-bond acceptors (Lipinski definition) is 1. The number of fused-ring (bicyclic) bond motifs is 2. The molecule has 0 saturated heterocycles. The van der Waals surface area contributed by atoms with Crippen LogP contribution < -0.4 is 5.32 Å². The van der Waals surface area contributed by atoms with E-state index in [1.807, 2.05) is 0 Å². The van der Waals surface area contributed by atoms with Crippen molar-refractivity contribution in [1.29, 1.82) is 0 Å². The molecule has 116 valence electrons. The highest BCUT2D eigenvalue weighted by Crippen LogP contribution is 2.63. The minimum atomic E-state index is -4.27. The average Bonchev–Trinajstić information content (AvgIpc) is 2.85. The molecule has 2 aliphatic rings. The second-order valence-corrected chi connectivity index (χ2v) is 7.57. The van der Waals surface area contributed by atoms with Gasteiger partial charge < -0.3 is 5.32 Å². The van der Waals surface area contributed by atoms with Crippen molar-refractivity contribution in [3.8, 4) is 0 Å². The van der Waals surface area contributed by atoms with Gasteiger partial charge in [-0.3, -0.25) is 0 Å². The first kappa shape index (κ1) is 14.7. The van der Waals surface area contributed by atoms with E-state index in [9.17, 15) is 13.2 Å². The molecule has 3 rings (SSSR count). The van der Waals surface area contributed by atoms with E-state index in [0.29, 0.717) is 6.04 Å². The van der Waals surface area contributed by atoms with Gasteiger partial charge in [0.1, 0.15) is 0 Å². The molecule has 2 bridgehead atoms. The summed E-state index contributed by atoms with van der Waals surface area (Å²) in [7, 11) is 0. The van der Waals surface area contributed by atoms with Crippen molar-refractivity contribution in [2.24, 2.45) is 16.7 Å². The Kier molecular flexibility index (Phi) is 3.09. The number of nitrogens with one attached hydrogen (secondary N) is 1. The Hall–Kier alpha value is -1.19. The highest BCUT2D eigenvalue weighted by molar-refractivity contribution is 5.47. The van der Waals surface area contributed by atoms with Gasteiger partial charge in [-0.05, 0) is 60.3 Å². The van der Waals surface area contributed by atoms with Gasteiger partial charge in [0.25, 0.3) is 0 Å². The maximum Gasteiger partial charge on any atom is 0.416 e. The first-order chi connectivity index (χ1) is 9.63. The van der Waals surface area contributed by atoms with Gasteiger partial charge in [0.15, 0.2) is 0 Å². The Bertz CT molecular complexity index is 527. The van der Waals surface area contributed by atoms with Crippen molar-refractivity contribution < 1.29 is 13.2 Å². The van der Waals surface area contributed by atoms with Crippen LogP contribution in [0, 0.1) is 16.7 Å². The number of alkyl halides is 3. The molecule has 1 nitrogen and oxygen atoms in total. The predicted octanol–water partition coefficient (Wildman–Crippen LogP) is 5.33. The van der Waals surface area contributed by atoms with Crippen molar-refractivity contribution in [2.45, 2.75) is 52.3 Å². The minimum Gasteiger partial charge on any atom is -0.381 e. The SMILES string of the molecule is CC12CCC(C1)C(C)(C)C2Nc1ccc(C(F)(F)F)cc1. The second-order valence-electron chi connectivity index (χ2n) is 7.57. The van der Waals surface area contributed by atoms with E-state index < -0.39 is 11.7 Å². The molecule has 0 heterocycles. The highest BCUT2D eigenvalue weighted by atomic mass is 19.4. The van der Waals surface area contributed by atoms with Gasteiger partial charge in [-0.15, -0.1) is 0 Å². The fraction of sp³-hybridized carbons (Fsp3) is 0.647. The van der Waals surface area contributed by atoms with Gasteiger partial charge >= 0.3 is 6.18 Å². The van der Waals surface area contributed by atoms with Crippen molar-refractivity contribution in [1.82, 2.24) is 0 Å². The van der Waals surface area contributed by atoms with Crippen LogP contribution in [0.25, 0.3) is 0 Å². The van der Waals surface area contributed by atoms with Crippen LogP contribution in [0.2, 0.25) is 0 Å². The quantitative estimate of drug-likeness (QED) is 0.777. The van der Waals surface area contributed by atoms with E-state index in [4.69, 9.17) is 0 Å². The van der Waals surface area contributed by atoms with Gasteiger partial charge in [-0.2, -0.15) is 13.2 Å². The Morgan fingerprint density at radius 2 is 1.71 bits per heavy atom. The molecule has 2 fully saturated rings. The van der Waals surface area contributed by atoms with Gasteiger partial charge in [0.05, 0.1) is 5.56 Å². The number of anilines is 1. The van der Waals surface area contributed by atoms with Crippen LogP contribution >= 0.6 is 0 Å². The number of rotatable bonds is 2. The molecule has 1 N–H and O–H groups in total. The largest absolute Gasteiger partial charge is 0.416 e. The summed E-state index contributed by atoms with van der Waals surface area (Å²) in [5.41, 5.74) is 0.647. The fourth-order valence-electron chi connectivity index (χ4n) is 4.58. The maximum absolute atomic E-state index is 12.6. The summed E-state index contributed by atoms with van der Waals surface area (Å²) in [5.74, 6) is 0.717. The summed E-state index contributed by atoms with van der Waals surface area (Å²) in [6, 6.07) is 5.73. The lowest BCUT2D eigenvalue weighted by Gasteiger charge is -2.43. The average molecular weight is 297 g/mol. The van der Waals surface area contributed by atoms with E-state index in [1.54, 1.807) is 12.1 Å². The first-order valence-corrected chi connectivity index (χ1v) is 7.57. The first-order valence-electron chi connectivity index (χ1n) is 7.57. The molecule has 0 radical (unpaired) electrons. The van der Waals surface area contributed by atoms with Crippen LogP contribution in [0.3, 0.4) is 0 Å². The van der Waals surface area contributed by atoms with Crippen LogP contribution in [-0.2, 0) is 6.18 Å². The number of halogens is 3. The standard InChI is InChI=1S/C17H22F3N/c1-15(2)12-8-9-16(3,10-12)14(15)21-13-6-4-11(5-7-13)17(18,19)20/h4-7,12,14,21H,8-10H2,1-3H3. The van der Waals surface area contributed by atoms with Crippen molar-refractivity contribution in [3.05, 3.63) is 29.8 Å². The summed E-state index contributed by atoms with van der Waals surface area (Å²) in [6.45, 7) is 6.87. The molecule has 1 aromatic rings. The summed E-state index contributed by atoms with van der Waals surface area (Å²) < 4.78 is 37.8. The van der Waals surface area contributed by atoms with E-state index in [-0.39, 0.29) is 10.8 Å². The predicted molar refractivity (Wildman–Crippen MR) is 78.1 cm³/mol. The van der Waals surface area contributed by atoms with E-state index >= 15 is 0 Å². The monoisotopic (exact) mass is 297 g/mol. The molecule has 21 heavy (non-hydrogen) atoms. The van der Waals surface area contributed by atoms with Gasteiger partial charge in [-0.25, -0.2) is 0 Å². The zero-order chi connectivity index (χ0) is 15.5. The third kappa shape index (κ3) is 2.33. The smallest absolute Gasteiger partial charge is 0.381 e. The summed E-state index contributed by atoms with van der Waals surface area (Å²) in [4.78, 5) is 0. The Labute approximate surface area is 123 Å². The van der Waals surface area contributed by atoms with Crippen molar-refractivity contribution in [2.75, 3.05) is 5.32 Å². The normalized spacial score (nSPS) is 34.2. The fourth-order valence-corrected chi connectivity index (χ4v) is 4.58. The third-order valence-corrected chi connectivity index (χ3v) is 5.79. The van der Waals surface area contributed by atoms with Gasteiger partial charge in [0, 0.05) is 11.7 Å². The lowest BCUT2D eigenvalue weighted by atomic mass is 9.68. The van der Waals surface area contributed by atoms with Crippen LogP contribution in [0.1, 0.15) is 45.6 Å². The van der Waals surface area contributed by atoms with E-state index in [1.165, 1.54) is 19.3 Å². The zero-order valence-corrected chi connectivity index (χ0v) is 12.7. The molecule has 0 aromatic heterocycles. The summed E-state index contributed by atoms with van der Waals surface area (Å²) in [5, 5.41) is 3.51. The molecule has 2 aliphatic carbocycles. The zero-order valence-electron chi connectivity index (χ0n) is 12.7. The molecule has 0 amide bonds. The van der Waals surface area contributed by atoms with Crippen molar-refractivity contribution in [3.63, 3.8) is 0 Å². The molecule has 4 heteroatoms. The molecule has 1 aromatic carbocycles. The number of hydrogen-bond donors (Lipinski definition) is 1. The summed E-state index contributed by atoms with van der Waals surface area (Å²) in [6.07, 6.45) is -0.567. The lowest BCUT2D eigenvalue weighted by molar-refractivity contribution is -0.137. The molecule has 3 atom stereocenters. The third-order valence-electron chi connectivity index (χ3n) is 5.79. The molecule has 3 unspecified atom stereocenters. The molecule has 0 aliphatic heterocycles. The molecular formula is C17H22F3N. The lowest BCUT2D eigenvalue weighted by Crippen LogP contribution is -2.45. The second kappa shape index (κ2) is 4.40. The Balaban J connectivity index is 1.81. The maximum atomic E-state index is 12.6. The van der Waals surface area contributed by atoms with Crippen LogP contribution in [0.4, 0.5) is 18.9 Å². The van der Waals surface area contributed by atoms with Crippen LogP contribution in [-0.4, -0.2) is 6.04 Å². The minimum absolute atomic E-state index is 0.190. The van der Waals surface area contributed by atoms with Gasteiger partial charge in [0.2, 0.25) is 0 Å². The topological polar surface area (TPSA) is 12.0 Å². The van der Waals surface area contributed by atoms with E-state index in [2.05, 4.69) is 26.1 Å². The molecule has 2 saturated carbocycles. The Morgan fingerprint density at radius 3 is 2.19 bits per heavy atom. The molecule has 0 spiro atoms. The van der Waals surface area contributed by atoms with Crippen LogP contribution in [0.5, 0.6) is 0 Å². The molecular weight excluding hydrogens is 275 g/mol. The highest BCUT2D eigenvalue weighted by Gasteiger charge is 2.59. The van der Waals surface area contributed by atoms with Crippen LogP contribution in [0.15, 0.2) is 24.3 Å². The van der Waals surface area contributed by atoms with Crippen molar-refractivity contribution >= 4 is 5.69 Å². The Morgan fingerprint density at radius 1 is 1.10 bits per heavy atom. The summed E-state index contributed by atoms with van der Waals surface area (Å²) >= 11 is 0. The van der Waals surface area contributed by atoms with Gasteiger partial charge in [-0.1, -0.05) is 20.8 Å². The van der Waals surface area contributed by atoms with E-state index in [0.717, 1.165) is 23.7 Å².